The highest BCUT2D eigenvalue weighted by Crippen LogP contribution is 2.47. The minimum atomic E-state index is -1.05. The summed E-state index contributed by atoms with van der Waals surface area (Å²) >= 11 is 0. The number of methoxy groups -OCH3 is 2. The van der Waals surface area contributed by atoms with E-state index in [0.717, 1.165) is 50.2 Å². The summed E-state index contributed by atoms with van der Waals surface area (Å²) in [6.45, 7) is 3.27. The Kier molecular flexibility index (Phi) is 8.33. The van der Waals surface area contributed by atoms with E-state index >= 15 is 0 Å². The number of hydrogen-bond donors (Lipinski definition) is 0. The Morgan fingerprint density at radius 1 is 0.974 bits per heavy atom. The topological polar surface area (TPSA) is 81.2 Å². The third-order valence-corrected chi connectivity index (χ3v) is 7.02. The molecule has 0 saturated carbocycles. The highest BCUT2D eigenvalue weighted by Gasteiger charge is 2.24. The zero-order valence-corrected chi connectivity index (χ0v) is 23.8. The zero-order chi connectivity index (χ0) is 28.3. The number of anilines is 2. The standard InChI is InChI=1S/C31H37N3O5/c1-8-34(15-9-10-30(35)36)25-19-26(37-6)24(18-29(25)38-7)31-22-13-11-20(32(2)3)16-27(22)39-28-17-21(33(4)5)12-14-23(28)31/h11-14,16-19H,8-10,15H2,1-7H3. The average molecular weight is 532 g/mol. The molecule has 2 aromatic carbocycles. The summed E-state index contributed by atoms with van der Waals surface area (Å²) in [6.07, 6.45) is 0.477. The Bertz CT molecular complexity index is 1540. The lowest BCUT2D eigenvalue weighted by Gasteiger charge is -2.27. The Hall–Kier alpha value is -4.20. The molecular weight excluding hydrogens is 494 g/mol. The second-order valence-corrected chi connectivity index (χ2v) is 9.91. The summed E-state index contributed by atoms with van der Waals surface area (Å²) in [5, 5.41) is 13.0. The molecule has 0 amide bonds. The van der Waals surface area contributed by atoms with Gasteiger partial charge in [-0.1, -0.05) is 0 Å². The molecular formula is C31H37N3O5. The van der Waals surface area contributed by atoms with Crippen LogP contribution in [0.25, 0.3) is 33.4 Å². The monoisotopic (exact) mass is 531 g/mol. The van der Waals surface area contributed by atoms with Crippen LogP contribution in [0.2, 0.25) is 0 Å². The van der Waals surface area contributed by atoms with Gasteiger partial charge >= 0.3 is 0 Å². The molecule has 1 heterocycles. The fourth-order valence-electron chi connectivity index (χ4n) is 4.90. The molecule has 0 saturated heterocycles. The van der Waals surface area contributed by atoms with Crippen molar-refractivity contribution in [3.05, 3.63) is 53.9 Å². The van der Waals surface area contributed by atoms with E-state index in [4.69, 9.17) is 13.9 Å². The van der Waals surface area contributed by atoms with Crippen LogP contribution in [0.4, 0.5) is 11.4 Å². The molecule has 0 bridgehead atoms. The highest BCUT2D eigenvalue weighted by atomic mass is 16.5. The second kappa shape index (κ2) is 11.7. The van der Waals surface area contributed by atoms with Crippen molar-refractivity contribution in [1.29, 1.82) is 0 Å². The molecule has 8 heteroatoms. The Labute approximate surface area is 229 Å². The van der Waals surface area contributed by atoms with Gasteiger partial charge in [0.25, 0.3) is 0 Å². The van der Waals surface area contributed by atoms with Gasteiger partial charge < -0.3 is 33.6 Å². The van der Waals surface area contributed by atoms with Crippen molar-refractivity contribution in [2.75, 3.05) is 65.3 Å². The fourth-order valence-corrected chi connectivity index (χ4v) is 4.90. The van der Waals surface area contributed by atoms with Gasteiger partial charge in [-0.15, -0.1) is 0 Å². The molecule has 0 spiro atoms. The van der Waals surface area contributed by atoms with E-state index in [1.165, 1.54) is 0 Å². The largest absolute Gasteiger partial charge is 0.550 e. The van der Waals surface area contributed by atoms with Crippen LogP contribution in [0.15, 0.2) is 52.9 Å². The number of aliphatic carboxylic acids is 1. The molecule has 0 radical (unpaired) electrons. The van der Waals surface area contributed by atoms with Crippen LogP contribution in [0.5, 0.6) is 11.5 Å². The maximum atomic E-state index is 11.0. The zero-order valence-electron chi connectivity index (χ0n) is 23.8. The molecule has 2 aromatic rings. The molecule has 2 aliphatic rings. The van der Waals surface area contributed by atoms with Crippen LogP contribution in [0.3, 0.4) is 0 Å². The molecule has 0 N–H and O–H groups in total. The van der Waals surface area contributed by atoms with Crippen LogP contribution in [-0.2, 0) is 4.79 Å². The van der Waals surface area contributed by atoms with Gasteiger partial charge in [-0.05, 0) is 44.0 Å². The predicted molar refractivity (Wildman–Crippen MR) is 155 cm³/mol. The summed E-state index contributed by atoms with van der Waals surface area (Å²) in [6, 6.07) is 16.4. The Balaban J connectivity index is 2.00. The first-order chi connectivity index (χ1) is 18.7. The summed E-state index contributed by atoms with van der Waals surface area (Å²) in [7, 11) is 11.3. The number of ether oxygens (including phenoxy) is 2. The van der Waals surface area contributed by atoms with Crippen molar-refractivity contribution in [1.82, 2.24) is 4.58 Å². The van der Waals surface area contributed by atoms with Crippen LogP contribution in [0.1, 0.15) is 19.8 Å². The molecule has 8 nitrogen and oxygen atoms in total. The number of nitrogens with zero attached hydrogens (tertiary/aromatic N) is 3. The predicted octanol–water partition coefficient (Wildman–Crippen LogP) is 3.68. The minimum Gasteiger partial charge on any atom is -0.550 e. The van der Waals surface area contributed by atoms with Crippen molar-refractivity contribution in [2.45, 2.75) is 19.8 Å². The number of carboxylic acid groups (broad SMARTS) is 1. The molecule has 1 aliphatic heterocycles. The van der Waals surface area contributed by atoms with Crippen molar-refractivity contribution in [3.8, 4) is 33.9 Å². The van der Waals surface area contributed by atoms with Crippen LogP contribution in [0, 0.1) is 0 Å². The van der Waals surface area contributed by atoms with E-state index in [1.807, 2.05) is 56.7 Å². The van der Waals surface area contributed by atoms with E-state index in [-0.39, 0.29) is 6.42 Å². The number of carbonyl (C=O) groups excluding carboxylic acids is 1. The quantitative estimate of drug-likeness (QED) is 0.228. The van der Waals surface area contributed by atoms with Crippen LogP contribution in [-0.4, -0.2) is 61.5 Å². The minimum absolute atomic E-state index is 0.00337. The van der Waals surface area contributed by atoms with Gasteiger partial charge in [0, 0.05) is 79.1 Å². The van der Waals surface area contributed by atoms with Gasteiger partial charge in [-0.25, -0.2) is 4.58 Å². The van der Waals surface area contributed by atoms with Gasteiger partial charge in [0.1, 0.15) is 36.9 Å². The molecule has 206 valence electrons. The Morgan fingerprint density at radius 2 is 1.72 bits per heavy atom. The lowest BCUT2D eigenvalue weighted by Crippen LogP contribution is -2.27. The number of benzene rings is 3. The third kappa shape index (κ3) is 5.65. The number of carboxylic acids is 1. The van der Waals surface area contributed by atoms with Gasteiger partial charge in [-0.2, -0.15) is 0 Å². The van der Waals surface area contributed by atoms with Crippen molar-refractivity contribution < 1.29 is 23.8 Å². The summed E-state index contributed by atoms with van der Waals surface area (Å²) in [5.41, 5.74) is 5.48. The van der Waals surface area contributed by atoms with E-state index in [1.54, 1.807) is 14.2 Å². The third-order valence-electron chi connectivity index (χ3n) is 7.02. The smallest absolute Gasteiger partial charge is 0.203 e. The van der Waals surface area contributed by atoms with Gasteiger partial charge in [0.05, 0.1) is 26.0 Å². The van der Waals surface area contributed by atoms with Crippen molar-refractivity contribution >= 4 is 28.3 Å². The molecule has 0 unspecified atom stereocenters. The molecule has 0 aromatic heterocycles. The first-order valence-electron chi connectivity index (χ1n) is 13.1. The summed E-state index contributed by atoms with van der Waals surface area (Å²) < 4.78 is 20.4. The normalized spacial score (nSPS) is 11.1. The SMILES string of the molecule is CCN(CCCC(=O)[O-])c1cc(OC)c(-c2c3ccc(=[N+](C)C)cc-3oc3cc(N(C)C)ccc23)cc1OC. The maximum Gasteiger partial charge on any atom is 0.203 e. The molecule has 0 atom stereocenters. The fraction of sp³-hybridized carbons (Fsp3) is 0.355. The molecule has 0 fully saturated rings. The number of rotatable bonds is 10. The highest BCUT2D eigenvalue weighted by molar-refractivity contribution is 6.04. The van der Waals surface area contributed by atoms with Crippen LogP contribution < -0.4 is 34.3 Å². The lowest BCUT2D eigenvalue weighted by molar-refractivity contribution is -0.305. The average Bonchev–Trinajstić information content (AvgIpc) is 2.92. The van der Waals surface area contributed by atoms with Crippen molar-refractivity contribution in [2.24, 2.45) is 0 Å². The second-order valence-electron chi connectivity index (χ2n) is 9.91. The van der Waals surface area contributed by atoms with Gasteiger partial charge in [0.15, 0.2) is 0 Å². The first kappa shape index (κ1) is 27.8. The van der Waals surface area contributed by atoms with E-state index < -0.39 is 5.97 Å². The van der Waals surface area contributed by atoms with E-state index in [9.17, 15) is 9.90 Å². The number of fused-ring (bicyclic) bond motifs is 2. The van der Waals surface area contributed by atoms with Gasteiger partial charge in [0.2, 0.25) is 5.36 Å². The first-order valence-corrected chi connectivity index (χ1v) is 13.1. The lowest BCUT2D eigenvalue weighted by atomic mass is 9.92. The van der Waals surface area contributed by atoms with E-state index in [2.05, 4.69) is 41.3 Å². The molecule has 39 heavy (non-hydrogen) atoms. The summed E-state index contributed by atoms with van der Waals surface area (Å²) in [4.78, 5) is 15.1. The molecule has 4 rings (SSSR count). The number of carbonyl (C=O) groups is 1. The van der Waals surface area contributed by atoms with E-state index in [0.29, 0.717) is 31.0 Å². The van der Waals surface area contributed by atoms with Crippen molar-refractivity contribution in [3.63, 3.8) is 0 Å². The Morgan fingerprint density at radius 3 is 2.33 bits per heavy atom. The number of hydrogen-bond acceptors (Lipinski definition) is 7. The summed E-state index contributed by atoms with van der Waals surface area (Å²) in [5.74, 6) is 1.08. The van der Waals surface area contributed by atoms with Crippen LogP contribution >= 0.6 is 0 Å². The van der Waals surface area contributed by atoms with Gasteiger partial charge in [-0.3, -0.25) is 0 Å². The maximum absolute atomic E-state index is 11.0. The molecule has 1 aliphatic carbocycles.